The second-order valence-electron chi connectivity index (χ2n) is 2.74. The van der Waals surface area contributed by atoms with Crippen molar-refractivity contribution in [2.45, 2.75) is 0 Å². The molecule has 0 atom stereocenters. The molecule has 0 aliphatic carbocycles. The van der Waals surface area contributed by atoms with Crippen LogP contribution in [-0.4, -0.2) is 16.0 Å². The van der Waals surface area contributed by atoms with Crippen LogP contribution >= 0.6 is 0 Å². The van der Waals surface area contributed by atoms with Crippen molar-refractivity contribution in [3.63, 3.8) is 0 Å². The Labute approximate surface area is 83.9 Å². The standard InChI is InChI=1S/C9H6FN3O2/c10-8-2-1-6(3-11-8)9(14)13-7-4-12-15-5-7/h1-5H,(H,13,14). The van der Waals surface area contributed by atoms with Gasteiger partial charge in [-0.05, 0) is 12.1 Å². The number of anilines is 1. The van der Waals surface area contributed by atoms with Crippen LogP contribution in [0.15, 0.2) is 35.3 Å². The van der Waals surface area contributed by atoms with Gasteiger partial charge in [-0.1, -0.05) is 5.16 Å². The monoisotopic (exact) mass is 207 g/mol. The zero-order valence-corrected chi connectivity index (χ0v) is 7.48. The van der Waals surface area contributed by atoms with Crippen molar-refractivity contribution in [1.29, 1.82) is 0 Å². The van der Waals surface area contributed by atoms with Crippen LogP contribution in [0.2, 0.25) is 0 Å². The second-order valence-corrected chi connectivity index (χ2v) is 2.74. The van der Waals surface area contributed by atoms with Gasteiger partial charge in [-0.25, -0.2) is 4.98 Å². The summed E-state index contributed by atoms with van der Waals surface area (Å²) in [6.45, 7) is 0. The lowest BCUT2D eigenvalue weighted by Gasteiger charge is -2.00. The van der Waals surface area contributed by atoms with E-state index in [0.717, 1.165) is 12.3 Å². The SMILES string of the molecule is O=C(Nc1cnoc1)c1ccc(F)nc1. The van der Waals surface area contributed by atoms with Crippen LogP contribution < -0.4 is 5.32 Å². The number of halogens is 1. The van der Waals surface area contributed by atoms with Gasteiger partial charge >= 0.3 is 0 Å². The third kappa shape index (κ3) is 2.16. The highest BCUT2D eigenvalue weighted by molar-refractivity contribution is 6.03. The third-order valence-corrected chi connectivity index (χ3v) is 1.68. The minimum absolute atomic E-state index is 0.262. The molecule has 0 unspecified atom stereocenters. The number of hydrogen-bond donors (Lipinski definition) is 1. The first-order chi connectivity index (χ1) is 7.25. The van der Waals surface area contributed by atoms with Crippen LogP contribution in [0.25, 0.3) is 0 Å². The van der Waals surface area contributed by atoms with Crippen molar-refractivity contribution in [3.8, 4) is 0 Å². The molecule has 2 aromatic rings. The average molecular weight is 207 g/mol. The maximum absolute atomic E-state index is 12.5. The van der Waals surface area contributed by atoms with Gasteiger partial charge in [-0.3, -0.25) is 4.79 Å². The Morgan fingerprint density at radius 1 is 1.40 bits per heavy atom. The van der Waals surface area contributed by atoms with Gasteiger partial charge < -0.3 is 9.84 Å². The molecule has 0 spiro atoms. The van der Waals surface area contributed by atoms with Crippen molar-refractivity contribution in [2.75, 3.05) is 5.32 Å². The molecule has 0 aliphatic rings. The van der Waals surface area contributed by atoms with E-state index in [0.29, 0.717) is 5.69 Å². The first-order valence-corrected chi connectivity index (χ1v) is 4.08. The van der Waals surface area contributed by atoms with Crippen molar-refractivity contribution in [1.82, 2.24) is 10.1 Å². The molecule has 0 aliphatic heterocycles. The van der Waals surface area contributed by atoms with Crippen LogP contribution in [0, 0.1) is 5.95 Å². The minimum atomic E-state index is -0.628. The zero-order valence-electron chi connectivity index (χ0n) is 7.48. The van der Waals surface area contributed by atoms with Crippen LogP contribution in [0.4, 0.5) is 10.1 Å². The smallest absolute Gasteiger partial charge is 0.257 e. The van der Waals surface area contributed by atoms with Gasteiger partial charge in [0.2, 0.25) is 5.95 Å². The maximum atomic E-state index is 12.5. The summed E-state index contributed by atoms with van der Waals surface area (Å²) in [7, 11) is 0. The second kappa shape index (κ2) is 3.87. The topological polar surface area (TPSA) is 68.0 Å². The number of rotatable bonds is 2. The molecule has 15 heavy (non-hydrogen) atoms. The molecule has 0 radical (unpaired) electrons. The van der Waals surface area contributed by atoms with E-state index in [4.69, 9.17) is 0 Å². The highest BCUT2D eigenvalue weighted by Crippen LogP contribution is 2.07. The lowest BCUT2D eigenvalue weighted by Crippen LogP contribution is -2.11. The summed E-state index contributed by atoms with van der Waals surface area (Å²) in [5.41, 5.74) is 0.696. The fourth-order valence-corrected chi connectivity index (χ4v) is 0.980. The molecule has 0 saturated heterocycles. The predicted molar refractivity (Wildman–Crippen MR) is 48.7 cm³/mol. The molecular weight excluding hydrogens is 201 g/mol. The van der Waals surface area contributed by atoms with E-state index >= 15 is 0 Å². The zero-order chi connectivity index (χ0) is 10.7. The normalized spacial score (nSPS) is 9.93. The Morgan fingerprint density at radius 3 is 2.87 bits per heavy atom. The summed E-state index contributed by atoms with van der Waals surface area (Å²) in [5, 5.41) is 5.92. The van der Waals surface area contributed by atoms with E-state index in [9.17, 15) is 9.18 Å². The van der Waals surface area contributed by atoms with Crippen molar-refractivity contribution in [3.05, 3.63) is 42.3 Å². The van der Waals surface area contributed by atoms with Gasteiger partial charge in [-0.15, -0.1) is 0 Å². The summed E-state index contributed by atoms with van der Waals surface area (Å²) >= 11 is 0. The Hall–Kier alpha value is -2.24. The fourth-order valence-electron chi connectivity index (χ4n) is 0.980. The number of nitrogens with zero attached hydrogens (tertiary/aromatic N) is 2. The largest absolute Gasteiger partial charge is 0.363 e. The van der Waals surface area contributed by atoms with Gasteiger partial charge in [0.15, 0.2) is 0 Å². The number of pyridine rings is 1. The maximum Gasteiger partial charge on any atom is 0.257 e. The number of nitrogens with one attached hydrogen (secondary N) is 1. The van der Waals surface area contributed by atoms with Gasteiger partial charge in [0.25, 0.3) is 5.91 Å². The Morgan fingerprint density at radius 2 is 2.27 bits per heavy atom. The number of carbonyl (C=O) groups excluding carboxylic acids is 1. The molecule has 2 rings (SSSR count). The first-order valence-electron chi connectivity index (χ1n) is 4.08. The number of hydrogen-bond acceptors (Lipinski definition) is 4. The number of amides is 1. The minimum Gasteiger partial charge on any atom is -0.363 e. The predicted octanol–water partition coefficient (Wildman–Crippen LogP) is 1.46. The van der Waals surface area contributed by atoms with E-state index in [1.807, 2.05) is 0 Å². The van der Waals surface area contributed by atoms with Gasteiger partial charge in [0.1, 0.15) is 12.0 Å². The van der Waals surface area contributed by atoms with Crippen molar-refractivity contribution < 1.29 is 13.7 Å². The van der Waals surface area contributed by atoms with Crippen LogP contribution in [-0.2, 0) is 0 Å². The lowest BCUT2D eigenvalue weighted by atomic mass is 10.2. The van der Waals surface area contributed by atoms with E-state index in [1.165, 1.54) is 18.5 Å². The molecule has 0 aromatic carbocycles. The molecule has 0 bridgehead atoms. The Kier molecular flexibility index (Phi) is 2.40. The summed E-state index contributed by atoms with van der Waals surface area (Å²) in [6.07, 6.45) is 3.79. The molecule has 76 valence electrons. The number of carbonyl (C=O) groups is 1. The first kappa shape index (κ1) is 9.32. The molecule has 0 saturated carbocycles. The highest BCUT2D eigenvalue weighted by Gasteiger charge is 2.07. The lowest BCUT2D eigenvalue weighted by molar-refractivity contribution is 0.102. The van der Waals surface area contributed by atoms with Crippen molar-refractivity contribution >= 4 is 11.6 Å². The van der Waals surface area contributed by atoms with Crippen LogP contribution in [0.1, 0.15) is 10.4 Å². The summed E-state index contributed by atoms with van der Waals surface area (Å²) in [4.78, 5) is 14.8. The van der Waals surface area contributed by atoms with Crippen LogP contribution in [0.5, 0.6) is 0 Å². The summed E-state index contributed by atoms with van der Waals surface area (Å²) in [6, 6.07) is 2.45. The molecular formula is C9H6FN3O2. The molecule has 2 aromatic heterocycles. The van der Waals surface area contributed by atoms with E-state index in [2.05, 4.69) is 20.0 Å². The molecule has 1 amide bonds. The highest BCUT2D eigenvalue weighted by atomic mass is 19.1. The van der Waals surface area contributed by atoms with Crippen LogP contribution in [0.3, 0.4) is 0 Å². The van der Waals surface area contributed by atoms with E-state index < -0.39 is 11.9 Å². The Bertz CT molecular complexity index is 453. The van der Waals surface area contributed by atoms with Gasteiger partial charge in [-0.2, -0.15) is 4.39 Å². The molecule has 6 heteroatoms. The van der Waals surface area contributed by atoms with Gasteiger partial charge in [0.05, 0.1) is 11.8 Å². The average Bonchev–Trinajstić information content (AvgIpc) is 2.71. The summed E-state index contributed by atoms with van der Waals surface area (Å²) < 4.78 is 17.0. The number of aromatic nitrogens is 2. The molecule has 0 fully saturated rings. The van der Waals surface area contributed by atoms with E-state index in [1.54, 1.807) is 0 Å². The quantitative estimate of drug-likeness (QED) is 0.757. The Balaban J connectivity index is 2.11. The molecule has 1 N–H and O–H groups in total. The fraction of sp³-hybridized carbons (Fsp3) is 0. The van der Waals surface area contributed by atoms with E-state index in [-0.39, 0.29) is 5.56 Å². The molecule has 2 heterocycles. The molecule has 5 nitrogen and oxygen atoms in total. The van der Waals surface area contributed by atoms with Gasteiger partial charge in [0, 0.05) is 6.20 Å². The third-order valence-electron chi connectivity index (χ3n) is 1.68. The van der Waals surface area contributed by atoms with Crippen molar-refractivity contribution in [2.24, 2.45) is 0 Å². The summed E-state index contributed by atoms with van der Waals surface area (Å²) in [5.74, 6) is -1.03.